The number of benzene rings is 1. The Morgan fingerprint density at radius 2 is 2.00 bits per heavy atom. The highest BCUT2D eigenvalue weighted by molar-refractivity contribution is 5.85. The second-order valence-corrected chi connectivity index (χ2v) is 5.87. The van der Waals surface area contributed by atoms with Crippen LogP contribution >= 0.6 is 0 Å². The van der Waals surface area contributed by atoms with Gasteiger partial charge in [0.1, 0.15) is 5.82 Å². The van der Waals surface area contributed by atoms with Crippen molar-refractivity contribution in [1.29, 1.82) is 0 Å². The van der Waals surface area contributed by atoms with Crippen LogP contribution < -0.4 is 0 Å². The van der Waals surface area contributed by atoms with Crippen LogP contribution in [0.2, 0.25) is 0 Å². The molecule has 0 saturated heterocycles. The summed E-state index contributed by atoms with van der Waals surface area (Å²) in [6, 6.07) is 4.97. The normalized spacial score (nSPS) is 24.7. The highest BCUT2D eigenvalue weighted by Gasteiger charge is 2.40. The monoisotopic (exact) mass is 291 g/mol. The van der Waals surface area contributed by atoms with Gasteiger partial charge in [0.2, 0.25) is 5.91 Å². The third-order valence-corrected chi connectivity index (χ3v) is 4.68. The van der Waals surface area contributed by atoms with Gasteiger partial charge in [-0.3, -0.25) is 9.59 Å². The molecule has 1 fully saturated rings. The van der Waals surface area contributed by atoms with Gasteiger partial charge >= 0.3 is 5.97 Å². The average molecular weight is 291 g/mol. The van der Waals surface area contributed by atoms with Gasteiger partial charge in [-0.05, 0) is 30.9 Å². The van der Waals surface area contributed by atoms with E-state index in [4.69, 9.17) is 0 Å². The van der Waals surface area contributed by atoms with Crippen molar-refractivity contribution in [2.24, 2.45) is 11.8 Å². The van der Waals surface area contributed by atoms with Crippen LogP contribution in [0.15, 0.2) is 18.2 Å². The van der Waals surface area contributed by atoms with Crippen LogP contribution in [0.4, 0.5) is 4.39 Å². The Bertz CT molecular complexity index is 587. The first-order valence-electron chi connectivity index (χ1n) is 7.36. The number of carbonyl (C=O) groups is 2. The molecule has 1 aliphatic heterocycles. The van der Waals surface area contributed by atoms with Crippen molar-refractivity contribution in [3.05, 3.63) is 35.1 Å². The maximum absolute atomic E-state index is 13.9. The summed E-state index contributed by atoms with van der Waals surface area (Å²) in [7, 11) is 0. The summed E-state index contributed by atoms with van der Waals surface area (Å²) in [4.78, 5) is 25.4. The predicted octanol–water partition coefficient (Wildman–Crippen LogP) is 2.21. The van der Waals surface area contributed by atoms with Gasteiger partial charge in [0.15, 0.2) is 0 Å². The van der Waals surface area contributed by atoms with E-state index in [9.17, 15) is 19.1 Å². The van der Waals surface area contributed by atoms with E-state index < -0.39 is 17.8 Å². The number of carboxylic acid groups (broad SMARTS) is 1. The molecule has 1 aromatic rings. The van der Waals surface area contributed by atoms with Gasteiger partial charge in [0.25, 0.3) is 0 Å². The molecule has 1 amide bonds. The van der Waals surface area contributed by atoms with Gasteiger partial charge in [-0.2, -0.15) is 0 Å². The molecule has 3 rings (SSSR count). The second kappa shape index (κ2) is 5.47. The van der Waals surface area contributed by atoms with Crippen LogP contribution in [0.3, 0.4) is 0 Å². The number of nitrogens with zero attached hydrogens (tertiary/aromatic N) is 1. The summed E-state index contributed by atoms with van der Waals surface area (Å²) < 4.78 is 13.9. The quantitative estimate of drug-likeness (QED) is 0.909. The Morgan fingerprint density at radius 1 is 1.24 bits per heavy atom. The van der Waals surface area contributed by atoms with Crippen molar-refractivity contribution >= 4 is 11.9 Å². The fourth-order valence-electron chi connectivity index (χ4n) is 3.51. The lowest BCUT2D eigenvalue weighted by Gasteiger charge is -2.32. The van der Waals surface area contributed by atoms with Crippen LogP contribution in [0.5, 0.6) is 0 Å². The number of rotatable bonds is 2. The molecule has 5 heteroatoms. The second-order valence-electron chi connectivity index (χ2n) is 5.87. The molecule has 1 saturated carbocycles. The van der Waals surface area contributed by atoms with Crippen molar-refractivity contribution in [2.45, 2.75) is 32.2 Å². The zero-order valence-corrected chi connectivity index (χ0v) is 11.7. The smallest absolute Gasteiger partial charge is 0.307 e. The third-order valence-electron chi connectivity index (χ3n) is 4.68. The number of amides is 1. The molecule has 1 heterocycles. The molecule has 0 unspecified atom stereocenters. The van der Waals surface area contributed by atoms with Crippen molar-refractivity contribution in [1.82, 2.24) is 4.90 Å². The van der Waals surface area contributed by atoms with Crippen molar-refractivity contribution in [3.8, 4) is 0 Å². The first-order valence-corrected chi connectivity index (χ1v) is 7.36. The fraction of sp³-hybridized carbons (Fsp3) is 0.500. The van der Waals surface area contributed by atoms with E-state index >= 15 is 0 Å². The van der Waals surface area contributed by atoms with E-state index in [0.717, 1.165) is 12.0 Å². The molecule has 0 spiro atoms. The summed E-state index contributed by atoms with van der Waals surface area (Å²) in [6.45, 7) is 0.793. The van der Waals surface area contributed by atoms with Gasteiger partial charge in [0, 0.05) is 18.7 Å². The number of carbonyl (C=O) groups excluding carboxylic acids is 1. The predicted molar refractivity (Wildman–Crippen MR) is 74.0 cm³/mol. The lowest BCUT2D eigenvalue weighted by atomic mass is 9.92. The van der Waals surface area contributed by atoms with Gasteiger partial charge in [-0.1, -0.05) is 18.6 Å². The topological polar surface area (TPSA) is 57.6 Å². The maximum Gasteiger partial charge on any atom is 0.307 e. The number of hydrogen-bond acceptors (Lipinski definition) is 2. The maximum atomic E-state index is 13.9. The van der Waals surface area contributed by atoms with Crippen LogP contribution in [-0.2, 0) is 22.6 Å². The van der Waals surface area contributed by atoms with Gasteiger partial charge in [-0.25, -0.2) is 4.39 Å². The van der Waals surface area contributed by atoms with E-state index in [1.54, 1.807) is 11.0 Å². The molecule has 0 bridgehead atoms. The molecule has 112 valence electrons. The van der Waals surface area contributed by atoms with Gasteiger partial charge in [-0.15, -0.1) is 0 Å². The molecular formula is C16H18FNO3. The van der Waals surface area contributed by atoms with E-state index in [0.29, 0.717) is 31.4 Å². The number of halogens is 1. The molecule has 21 heavy (non-hydrogen) atoms. The number of aliphatic carboxylic acids is 1. The summed E-state index contributed by atoms with van der Waals surface area (Å²) in [5.74, 6) is -2.34. The molecule has 1 aliphatic carbocycles. The number of hydrogen-bond donors (Lipinski definition) is 1. The minimum Gasteiger partial charge on any atom is -0.481 e. The molecule has 0 radical (unpaired) electrons. The number of carboxylic acids is 1. The zero-order valence-electron chi connectivity index (χ0n) is 11.7. The Balaban J connectivity index is 1.78. The lowest BCUT2D eigenvalue weighted by molar-refractivity contribution is -0.149. The van der Waals surface area contributed by atoms with Gasteiger partial charge < -0.3 is 10.0 Å². The van der Waals surface area contributed by atoms with Crippen LogP contribution in [0, 0.1) is 17.7 Å². The highest BCUT2D eigenvalue weighted by Crippen LogP contribution is 2.34. The van der Waals surface area contributed by atoms with Crippen LogP contribution in [0.25, 0.3) is 0 Å². The Hall–Kier alpha value is -1.91. The summed E-state index contributed by atoms with van der Waals surface area (Å²) in [6.07, 6.45) is 2.58. The SMILES string of the molecule is O=C(O)[C@@H]1CCC[C@@H]1C(=O)N1CCc2cccc(F)c2C1. The summed E-state index contributed by atoms with van der Waals surface area (Å²) in [5, 5.41) is 9.20. The molecule has 1 aromatic carbocycles. The largest absolute Gasteiger partial charge is 0.481 e. The van der Waals surface area contributed by atoms with Crippen molar-refractivity contribution < 1.29 is 19.1 Å². The minimum atomic E-state index is -0.894. The van der Waals surface area contributed by atoms with E-state index in [-0.39, 0.29) is 18.3 Å². The lowest BCUT2D eigenvalue weighted by Crippen LogP contribution is -2.42. The molecule has 4 nitrogen and oxygen atoms in total. The standard InChI is InChI=1S/C16H18FNO3/c17-14-6-1-3-10-7-8-18(9-13(10)14)15(19)11-4-2-5-12(11)16(20)21/h1,3,6,11-12H,2,4-5,7-9H2,(H,20,21)/t11-,12+/m0/s1. The fourth-order valence-corrected chi connectivity index (χ4v) is 3.51. The third kappa shape index (κ3) is 2.52. The van der Waals surface area contributed by atoms with Crippen LogP contribution in [0.1, 0.15) is 30.4 Å². The van der Waals surface area contributed by atoms with Crippen molar-refractivity contribution in [3.63, 3.8) is 0 Å². The van der Waals surface area contributed by atoms with E-state index in [1.165, 1.54) is 6.07 Å². The Morgan fingerprint density at radius 3 is 2.76 bits per heavy atom. The van der Waals surface area contributed by atoms with E-state index in [2.05, 4.69) is 0 Å². The number of fused-ring (bicyclic) bond motifs is 1. The molecule has 1 N–H and O–H groups in total. The summed E-state index contributed by atoms with van der Waals surface area (Å²) >= 11 is 0. The zero-order chi connectivity index (χ0) is 15.0. The molecule has 0 aromatic heterocycles. The Labute approximate surface area is 122 Å². The molecule has 2 atom stereocenters. The Kier molecular flexibility index (Phi) is 3.66. The van der Waals surface area contributed by atoms with Crippen molar-refractivity contribution in [2.75, 3.05) is 6.54 Å². The average Bonchev–Trinajstić information content (AvgIpc) is 2.96. The molecular weight excluding hydrogens is 273 g/mol. The highest BCUT2D eigenvalue weighted by atomic mass is 19.1. The summed E-state index contributed by atoms with van der Waals surface area (Å²) in [5.41, 5.74) is 1.52. The first kappa shape index (κ1) is 14.0. The molecule has 2 aliphatic rings. The minimum absolute atomic E-state index is 0.131. The van der Waals surface area contributed by atoms with Gasteiger partial charge in [0.05, 0.1) is 11.8 Å². The van der Waals surface area contributed by atoms with Crippen LogP contribution in [-0.4, -0.2) is 28.4 Å². The first-order chi connectivity index (χ1) is 10.1. The van der Waals surface area contributed by atoms with E-state index in [1.807, 2.05) is 6.07 Å².